The monoisotopic (exact) mass is 433 g/mol. The summed E-state index contributed by atoms with van der Waals surface area (Å²) in [6, 6.07) is 3.42. The van der Waals surface area contributed by atoms with Gasteiger partial charge in [0.2, 0.25) is 0 Å². The van der Waals surface area contributed by atoms with Crippen molar-refractivity contribution in [3.05, 3.63) is 74.0 Å². The normalized spacial score (nSPS) is 23.0. The van der Waals surface area contributed by atoms with E-state index in [2.05, 4.69) is 11.9 Å². The van der Waals surface area contributed by atoms with E-state index in [9.17, 15) is 14.3 Å². The van der Waals surface area contributed by atoms with E-state index in [1.165, 1.54) is 6.07 Å². The minimum Gasteiger partial charge on any atom is -0.490 e. The predicted octanol–water partition coefficient (Wildman–Crippen LogP) is 3.33. The molecular formula is C25H24FN3O3. The SMILES string of the molecule is C=C1OCc2c(cc3n(c2=O)Cc2c-3nc3cc(F)c(C)c4c3c2[C@@H](NC)CC4)[C@]1(C)O. The number of ether oxygens (including phenoxy) is 1. The van der Waals surface area contributed by atoms with E-state index in [1.54, 1.807) is 11.5 Å². The quantitative estimate of drug-likeness (QED) is 0.482. The number of nitrogens with zero attached hydrogens (tertiary/aromatic N) is 2. The largest absolute Gasteiger partial charge is 0.490 e. The van der Waals surface area contributed by atoms with Crippen molar-refractivity contribution >= 4 is 10.9 Å². The molecule has 4 heterocycles. The van der Waals surface area contributed by atoms with E-state index >= 15 is 0 Å². The summed E-state index contributed by atoms with van der Waals surface area (Å²) >= 11 is 0. The Balaban J connectivity index is 1.71. The lowest BCUT2D eigenvalue weighted by atomic mass is 9.82. The average Bonchev–Trinajstić information content (AvgIpc) is 3.14. The van der Waals surface area contributed by atoms with Gasteiger partial charge >= 0.3 is 0 Å². The van der Waals surface area contributed by atoms with Gasteiger partial charge in [0.15, 0.2) is 0 Å². The van der Waals surface area contributed by atoms with Gasteiger partial charge in [0.25, 0.3) is 5.56 Å². The van der Waals surface area contributed by atoms with Crippen LogP contribution >= 0.6 is 0 Å². The standard InChI is InChI=1S/C25H24FN3O3/c1-11-13-5-6-18(27-4)22-14-9-29-20(23(14)28-19(21(13)22)8-17(11)26)7-16-15(24(29)30)10-32-12(2)25(16,3)31/h7-8,18,27,31H,2,5-6,9-10H2,1,3-4H3/t18-,25+/m0/s1. The number of pyridine rings is 2. The maximum absolute atomic E-state index is 14.7. The first-order valence-electron chi connectivity index (χ1n) is 10.9. The fourth-order valence-corrected chi connectivity index (χ4v) is 5.66. The predicted molar refractivity (Wildman–Crippen MR) is 119 cm³/mol. The summed E-state index contributed by atoms with van der Waals surface area (Å²) in [5, 5.41) is 15.4. The van der Waals surface area contributed by atoms with Gasteiger partial charge in [-0.3, -0.25) is 4.79 Å². The van der Waals surface area contributed by atoms with Crippen molar-refractivity contribution in [1.29, 1.82) is 0 Å². The molecule has 6 nitrogen and oxygen atoms in total. The molecule has 2 aliphatic heterocycles. The molecule has 2 N–H and O–H groups in total. The van der Waals surface area contributed by atoms with Crippen molar-refractivity contribution in [1.82, 2.24) is 14.9 Å². The number of aliphatic hydroxyl groups is 1. The Morgan fingerprint density at radius 1 is 1.34 bits per heavy atom. The average molecular weight is 433 g/mol. The number of fused-ring (bicyclic) bond motifs is 5. The summed E-state index contributed by atoms with van der Waals surface area (Å²) in [5.74, 6) is -0.0439. The maximum Gasteiger partial charge on any atom is 0.258 e. The van der Waals surface area contributed by atoms with Crippen LogP contribution in [0.4, 0.5) is 4.39 Å². The van der Waals surface area contributed by atoms with Crippen LogP contribution in [-0.2, 0) is 29.9 Å². The molecule has 0 amide bonds. The molecule has 0 saturated carbocycles. The number of rotatable bonds is 1. The first kappa shape index (κ1) is 19.6. The van der Waals surface area contributed by atoms with Crippen molar-refractivity contribution in [3.8, 4) is 11.4 Å². The summed E-state index contributed by atoms with van der Waals surface area (Å²) < 4.78 is 21.9. The highest BCUT2D eigenvalue weighted by molar-refractivity contribution is 5.92. The number of hydrogen-bond acceptors (Lipinski definition) is 5. The van der Waals surface area contributed by atoms with Crippen LogP contribution in [0.25, 0.3) is 22.3 Å². The van der Waals surface area contributed by atoms with Crippen molar-refractivity contribution < 1.29 is 14.2 Å². The van der Waals surface area contributed by atoms with Crippen LogP contribution in [0.5, 0.6) is 0 Å². The van der Waals surface area contributed by atoms with Crippen LogP contribution in [0.3, 0.4) is 0 Å². The smallest absolute Gasteiger partial charge is 0.258 e. The molecule has 2 aromatic heterocycles. The Morgan fingerprint density at radius 3 is 2.88 bits per heavy atom. The molecule has 3 aromatic rings. The van der Waals surface area contributed by atoms with E-state index in [-0.39, 0.29) is 29.8 Å². The summed E-state index contributed by atoms with van der Waals surface area (Å²) in [7, 11) is 1.93. The van der Waals surface area contributed by atoms with Gasteiger partial charge in [-0.15, -0.1) is 0 Å². The molecule has 0 unspecified atom stereocenters. The molecule has 1 aromatic carbocycles. The number of nitrogens with one attached hydrogen (secondary N) is 1. The number of aryl methyl sites for hydroxylation is 1. The van der Waals surface area contributed by atoms with Gasteiger partial charge in [-0.05, 0) is 56.5 Å². The Hall–Kier alpha value is -3.03. The van der Waals surface area contributed by atoms with Gasteiger partial charge < -0.3 is 19.7 Å². The van der Waals surface area contributed by atoms with Gasteiger partial charge in [0.05, 0.1) is 29.0 Å². The molecule has 0 fully saturated rings. The van der Waals surface area contributed by atoms with E-state index < -0.39 is 5.60 Å². The number of aromatic nitrogens is 2. The second kappa shape index (κ2) is 6.27. The van der Waals surface area contributed by atoms with Crippen LogP contribution in [0.15, 0.2) is 29.3 Å². The Bertz CT molecular complexity index is 1440. The Morgan fingerprint density at radius 2 is 2.12 bits per heavy atom. The first-order valence-corrected chi connectivity index (χ1v) is 10.9. The van der Waals surface area contributed by atoms with E-state index in [1.807, 2.05) is 20.0 Å². The van der Waals surface area contributed by atoms with E-state index in [4.69, 9.17) is 9.72 Å². The van der Waals surface area contributed by atoms with E-state index in [0.717, 1.165) is 34.9 Å². The first-order chi connectivity index (χ1) is 15.2. The molecule has 0 saturated heterocycles. The minimum atomic E-state index is -1.47. The second-order valence-corrected chi connectivity index (χ2v) is 9.19. The molecule has 2 atom stereocenters. The molecule has 7 heteroatoms. The van der Waals surface area contributed by atoms with Crippen molar-refractivity contribution in [2.45, 2.75) is 51.5 Å². The van der Waals surface area contributed by atoms with Gasteiger partial charge in [-0.1, -0.05) is 6.58 Å². The zero-order chi connectivity index (χ0) is 22.5. The van der Waals surface area contributed by atoms with Crippen LogP contribution in [0.1, 0.15) is 52.8 Å². The highest BCUT2D eigenvalue weighted by Gasteiger charge is 2.40. The molecule has 164 valence electrons. The lowest BCUT2D eigenvalue weighted by Crippen LogP contribution is -2.37. The summed E-state index contributed by atoms with van der Waals surface area (Å²) in [5.41, 5.74) is 4.95. The number of halogens is 1. The van der Waals surface area contributed by atoms with Crippen molar-refractivity contribution in [2.24, 2.45) is 0 Å². The molecule has 32 heavy (non-hydrogen) atoms. The summed E-state index contributed by atoms with van der Waals surface area (Å²) in [4.78, 5) is 18.3. The molecule has 0 spiro atoms. The molecule has 1 aliphatic carbocycles. The van der Waals surface area contributed by atoms with Crippen molar-refractivity contribution in [3.63, 3.8) is 0 Å². The lowest BCUT2D eigenvalue weighted by Gasteiger charge is -2.33. The molecule has 0 radical (unpaired) electrons. The van der Waals surface area contributed by atoms with Crippen LogP contribution in [0.2, 0.25) is 0 Å². The fourth-order valence-electron chi connectivity index (χ4n) is 5.66. The lowest BCUT2D eigenvalue weighted by molar-refractivity contribution is -0.000354. The highest BCUT2D eigenvalue weighted by atomic mass is 19.1. The number of benzene rings is 1. The second-order valence-electron chi connectivity index (χ2n) is 9.19. The summed E-state index contributed by atoms with van der Waals surface area (Å²) in [6.45, 7) is 7.69. The third-order valence-corrected chi connectivity index (χ3v) is 7.54. The van der Waals surface area contributed by atoms with Crippen LogP contribution in [0, 0.1) is 12.7 Å². The molecular weight excluding hydrogens is 409 g/mol. The van der Waals surface area contributed by atoms with Crippen molar-refractivity contribution in [2.75, 3.05) is 7.05 Å². The van der Waals surface area contributed by atoms with Gasteiger partial charge in [-0.2, -0.15) is 0 Å². The zero-order valence-electron chi connectivity index (χ0n) is 18.3. The van der Waals surface area contributed by atoms with Crippen LogP contribution in [-0.4, -0.2) is 21.7 Å². The molecule has 6 rings (SSSR count). The third kappa shape index (κ3) is 2.30. The highest BCUT2D eigenvalue weighted by Crippen LogP contribution is 2.46. The molecule has 0 bridgehead atoms. The summed E-state index contributed by atoms with van der Waals surface area (Å²) in [6.07, 6.45) is 1.63. The number of hydrogen-bond donors (Lipinski definition) is 2. The Labute approximate surface area is 184 Å². The van der Waals surface area contributed by atoms with Crippen LogP contribution < -0.4 is 10.9 Å². The van der Waals surface area contributed by atoms with Gasteiger partial charge in [-0.25, -0.2) is 9.37 Å². The fraction of sp³-hybridized carbons (Fsp3) is 0.360. The maximum atomic E-state index is 14.7. The topological polar surface area (TPSA) is 76.4 Å². The van der Waals surface area contributed by atoms with Gasteiger partial charge in [0.1, 0.15) is 23.8 Å². The zero-order valence-corrected chi connectivity index (χ0v) is 18.3. The molecule has 3 aliphatic rings. The minimum absolute atomic E-state index is 0.0791. The third-order valence-electron chi connectivity index (χ3n) is 7.54. The Kier molecular flexibility index (Phi) is 3.85. The van der Waals surface area contributed by atoms with Gasteiger partial charge in [0, 0.05) is 28.6 Å². The van der Waals surface area contributed by atoms with E-state index in [0.29, 0.717) is 40.1 Å².